The van der Waals surface area contributed by atoms with Gasteiger partial charge in [0.25, 0.3) is 0 Å². The summed E-state index contributed by atoms with van der Waals surface area (Å²) in [5.74, 6) is 1.84. The molecule has 1 atom stereocenters. The summed E-state index contributed by atoms with van der Waals surface area (Å²) in [5, 5.41) is 9.50. The normalized spacial score (nSPS) is 11.9. The maximum absolute atomic E-state index is 12.3. The third-order valence-electron chi connectivity index (χ3n) is 3.72. The van der Waals surface area contributed by atoms with Crippen LogP contribution in [0.4, 0.5) is 4.79 Å². The zero-order chi connectivity index (χ0) is 17.6. The predicted octanol–water partition coefficient (Wildman–Crippen LogP) is 1.74. The fourth-order valence-corrected chi connectivity index (χ4v) is 2.50. The van der Waals surface area contributed by atoms with Crippen LogP contribution in [0.1, 0.15) is 29.1 Å². The minimum Gasteiger partial charge on any atom is -0.339 e. The fraction of sp³-hybridized carbons (Fsp3) is 0.294. The molecule has 8 nitrogen and oxygen atoms in total. The lowest BCUT2D eigenvalue weighted by molar-refractivity contribution is 0.238. The molecule has 3 aromatic rings. The van der Waals surface area contributed by atoms with E-state index in [0.717, 1.165) is 11.4 Å². The van der Waals surface area contributed by atoms with E-state index < -0.39 is 0 Å². The van der Waals surface area contributed by atoms with Gasteiger partial charge >= 0.3 is 6.03 Å². The summed E-state index contributed by atoms with van der Waals surface area (Å²) in [6.45, 7) is 2.15. The average molecular weight is 340 g/mol. The van der Waals surface area contributed by atoms with Gasteiger partial charge in [0.05, 0.1) is 0 Å². The van der Waals surface area contributed by atoms with Crippen LogP contribution >= 0.6 is 0 Å². The van der Waals surface area contributed by atoms with E-state index in [9.17, 15) is 4.79 Å². The van der Waals surface area contributed by atoms with E-state index in [-0.39, 0.29) is 12.1 Å². The Bertz CT molecular complexity index is 827. The van der Waals surface area contributed by atoms with E-state index in [1.54, 1.807) is 13.1 Å². The minimum atomic E-state index is -0.341. The number of aryl methyl sites for hydroxylation is 2. The number of hydrogen-bond acceptors (Lipinski definition) is 5. The van der Waals surface area contributed by atoms with Crippen molar-refractivity contribution in [1.82, 2.24) is 30.3 Å². The molecule has 2 amide bonds. The smallest absolute Gasteiger partial charge is 0.315 e. The van der Waals surface area contributed by atoms with Crippen molar-refractivity contribution in [2.24, 2.45) is 7.05 Å². The predicted molar refractivity (Wildman–Crippen MR) is 90.8 cm³/mol. The summed E-state index contributed by atoms with van der Waals surface area (Å²) in [7, 11) is 1.90. The Kier molecular flexibility index (Phi) is 5.08. The Balaban J connectivity index is 1.64. The summed E-state index contributed by atoms with van der Waals surface area (Å²) in [4.78, 5) is 20.8. The average Bonchev–Trinajstić information content (AvgIpc) is 3.22. The molecule has 0 aliphatic carbocycles. The zero-order valence-corrected chi connectivity index (χ0v) is 14.1. The van der Waals surface area contributed by atoms with Gasteiger partial charge in [0.1, 0.15) is 11.9 Å². The van der Waals surface area contributed by atoms with Crippen molar-refractivity contribution in [3.05, 3.63) is 65.8 Å². The standard InChI is InChI=1S/C17H20N6O2/c1-12-20-14(25-22-12)8-9-19-17(24)21-15(13-6-4-3-5-7-13)16-18-10-11-23(16)2/h3-7,10-11,15H,8-9H2,1-2H3,(H2,19,21,24)/t15-/m0/s1. The number of nitrogens with zero attached hydrogens (tertiary/aromatic N) is 4. The van der Waals surface area contributed by atoms with Crippen molar-refractivity contribution in [2.45, 2.75) is 19.4 Å². The molecule has 3 rings (SSSR count). The van der Waals surface area contributed by atoms with E-state index in [1.807, 2.05) is 48.1 Å². The summed E-state index contributed by atoms with van der Waals surface area (Å²) in [6, 6.07) is 9.10. The largest absolute Gasteiger partial charge is 0.339 e. The van der Waals surface area contributed by atoms with Gasteiger partial charge in [-0.25, -0.2) is 9.78 Å². The second-order valence-corrected chi connectivity index (χ2v) is 5.63. The molecular formula is C17H20N6O2. The Morgan fingerprint density at radius 3 is 2.76 bits per heavy atom. The Labute approximate surface area is 145 Å². The zero-order valence-electron chi connectivity index (χ0n) is 14.1. The number of benzene rings is 1. The van der Waals surface area contributed by atoms with Crippen molar-refractivity contribution in [3.8, 4) is 0 Å². The molecule has 130 valence electrons. The number of hydrogen-bond donors (Lipinski definition) is 2. The van der Waals surface area contributed by atoms with Crippen molar-refractivity contribution in [1.29, 1.82) is 0 Å². The van der Waals surface area contributed by atoms with Crippen molar-refractivity contribution in [2.75, 3.05) is 6.54 Å². The number of imidazole rings is 1. The van der Waals surface area contributed by atoms with Gasteiger partial charge in [-0.15, -0.1) is 0 Å². The molecule has 0 saturated carbocycles. The molecule has 0 fully saturated rings. The third-order valence-corrected chi connectivity index (χ3v) is 3.72. The van der Waals surface area contributed by atoms with Crippen molar-refractivity contribution in [3.63, 3.8) is 0 Å². The molecule has 0 spiro atoms. The van der Waals surface area contributed by atoms with Crippen LogP contribution in [-0.2, 0) is 13.5 Å². The molecule has 0 bridgehead atoms. The van der Waals surface area contributed by atoms with Crippen LogP contribution in [0.3, 0.4) is 0 Å². The van der Waals surface area contributed by atoms with Gasteiger partial charge in [-0.3, -0.25) is 0 Å². The van der Waals surface area contributed by atoms with E-state index in [0.29, 0.717) is 24.7 Å². The Morgan fingerprint density at radius 2 is 2.12 bits per heavy atom. The van der Waals surface area contributed by atoms with Crippen molar-refractivity contribution >= 4 is 6.03 Å². The number of aromatic nitrogens is 4. The highest BCUT2D eigenvalue weighted by Crippen LogP contribution is 2.19. The lowest BCUT2D eigenvalue weighted by Crippen LogP contribution is -2.40. The van der Waals surface area contributed by atoms with Crippen LogP contribution in [0.2, 0.25) is 0 Å². The van der Waals surface area contributed by atoms with Gasteiger partial charge in [0.2, 0.25) is 5.89 Å². The first-order chi connectivity index (χ1) is 12.1. The number of urea groups is 1. The van der Waals surface area contributed by atoms with Crippen LogP contribution in [0.25, 0.3) is 0 Å². The molecule has 2 aromatic heterocycles. The number of rotatable bonds is 6. The van der Waals surface area contributed by atoms with E-state index in [4.69, 9.17) is 4.52 Å². The van der Waals surface area contributed by atoms with Gasteiger partial charge in [-0.05, 0) is 12.5 Å². The van der Waals surface area contributed by atoms with Gasteiger partial charge in [0, 0.05) is 32.4 Å². The highest BCUT2D eigenvalue weighted by atomic mass is 16.5. The van der Waals surface area contributed by atoms with Gasteiger partial charge < -0.3 is 19.7 Å². The highest BCUT2D eigenvalue weighted by molar-refractivity contribution is 5.74. The molecule has 25 heavy (non-hydrogen) atoms. The van der Waals surface area contributed by atoms with Crippen LogP contribution in [-0.4, -0.2) is 32.3 Å². The van der Waals surface area contributed by atoms with Gasteiger partial charge in [0.15, 0.2) is 5.82 Å². The quantitative estimate of drug-likeness (QED) is 0.712. The minimum absolute atomic E-state index is 0.284. The van der Waals surface area contributed by atoms with Gasteiger partial charge in [-0.1, -0.05) is 35.5 Å². The SMILES string of the molecule is Cc1noc(CCNC(=O)N[C@@H](c2ccccc2)c2nccn2C)n1. The van der Waals surface area contributed by atoms with Crippen LogP contribution in [0, 0.1) is 6.92 Å². The number of amides is 2. The number of nitrogens with one attached hydrogen (secondary N) is 2. The maximum Gasteiger partial charge on any atom is 0.315 e. The van der Waals surface area contributed by atoms with Gasteiger partial charge in [-0.2, -0.15) is 4.98 Å². The first-order valence-electron chi connectivity index (χ1n) is 7.99. The van der Waals surface area contributed by atoms with E-state index in [2.05, 4.69) is 25.8 Å². The molecule has 2 heterocycles. The number of carbonyl (C=O) groups excluding carboxylic acids is 1. The van der Waals surface area contributed by atoms with E-state index >= 15 is 0 Å². The van der Waals surface area contributed by atoms with Crippen LogP contribution < -0.4 is 10.6 Å². The molecule has 1 aromatic carbocycles. The Hall–Kier alpha value is -3.16. The summed E-state index contributed by atoms with van der Waals surface area (Å²) in [5.41, 5.74) is 0.958. The molecule has 0 radical (unpaired) electrons. The Morgan fingerprint density at radius 1 is 1.32 bits per heavy atom. The molecule has 2 N–H and O–H groups in total. The van der Waals surface area contributed by atoms with Crippen LogP contribution in [0.5, 0.6) is 0 Å². The first kappa shape index (κ1) is 16.7. The summed E-state index contributed by atoms with van der Waals surface area (Å²) < 4.78 is 6.91. The topological polar surface area (TPSA) is 97.9 Å². The second kappa shape index (κ2) is 7.61. The molecule has 0 unspecified atom stereocenters. The van der Waals surface area contributed by atoms with Crippen molar-refractivity contribution < 1.29 is 9.32 Å². The molecule has 0 aliphatic heterocycles. The number of carbonyl (C=O) groups is 1. The third kappa shape index (κ3) is 4.23. The molecule has 8 heteroatoms. The molecule has 0 saturated heterocycles. The lowest BCUT2D eigenvalue weighted by atomic mass is 10.1. The maximum atomic E-state index is 12.3. The lowest BCUT2D eigenvalue weighted by Gasteiger charge is -2.19. The molecular weight excluding hydrogens is 320 g/mol. The van der Waals surface area contributed by atoms with E-state index in [1.165, 1.54) is 0 Å². The highest BCUT2D eigenvalue weighted by Gasteiger charge is 2.20. The summed E-state index contributed by atoms with van der Waals surface area (Å²) >= 11 is 0. The van der Waals surface area contributed by atoms with Crippen LogP contribution in [0.15, 0.2) is 47.2 Å². The first-order valence-corrected chi connectivity index (χ1v) is 7.99. The summed E-state index contributed by atoms with van der Waals surface area (Å²) in [6.07, 6.45) is 4.04. The second-order valence-electron chi connectivity index (χ2n) is 5.63. The fourth-order valence-electron chi connectivity index (χ4n) is 2.50. The molecule has 0 aliphatic rings. The monoisotopic (exact) mass is 340 g/mol.